The molecule has 0 aliphatic heterocycles. The van der Waals surface area contributed by atoms with Gasteiger partial charge in [0.25, 0.3) is 0 Å². The van der Waals surface area contributed by atoms with E-state index < -0.39 is 5.41 Å². The van der Waals surface area contributed by atoms with Crippen molar-refractivity contribution in [2.75, 3.05) is 0 Å². The van der Waals surface area contributed by atoms with Gasteiger partial charge in [-0.25, -0.2) is 9.97 Å². The molecular weight excluding hydrogens is 468 g/mol. The van der Waals surface area contributed by atoms with Gasteiger partial charge in [0.15, 0.2) is 0 Å². The van der Waals surface area contributed by atoms with Crippen molar-refractivity contribution in [3.05, 3.63) is 126 Å². The topological polar surface area (TPSA) is 52.1 Å². The van der Waals surface area contributed by atoms with Crippen LogP contribution in [0.5, 0.6) is 5.75 Å². The van der Waals surface area contributed by atoms with E-state index in [1.165, 1.54) is 11.1 Å². The highest BCUT2D eigenvalue weighted by atomic mass is 16.5. The van der Waals surface area contributed by atoms with E-state index in [1.54, 1.807) is 0 Å². The van der Waals surface area contributed by atoms with E-state index in [0.29, 0.717) is 12.2 Å². The van der Waals surface area contributed by atoms with Gasteiger partial charge in [-0.05, 0) is 54.2 Å². The summed E-state index contributed by atoms with van der Waals surface area (Å²) in [6.07, 6.45) is 1.38. The maximum atomic E-state index is 13.4. The van der Waals surface area contributed by atoms with Gasteiger partial charge >= 0.3 is 5.97 Å². The third-order valence-electron chi connectivity index (χ3n) is 7.76. The summed E-state index contributed by atoms with van der Waals surface area (Å²) in [6.45, 7) is 4.23. The molecule has 1 aromatic heterocycles. The molecule has 0 radical (unpaired) electrons. The number of esters is 1. The summed E-state index contributed by atoms with van der Waals surface area (Å²) in [7, 11) is 0. The first-order valence-corrected chi connectivity index (χ1v) is 13.2. The maximum absolute atomic E-state index is 13.4. The molecule has 0 bridgehead atoms. The second kappa shape index (κ2) is 9.86. The van der Waals surface area contributed by atoms with Crippen LogP contribution >= 0.6 is 0 Å². The minimum Gasteiger partial charge on any atom is -0.426 e. The Balaban J connectivity index is 1.48. The van der Waals surface area contributed by atoms with Crippen molar-refractivity contribution in [2.45, 2.75) is 38.0 Å². The molecule has 6 rings (SSSR count). The highest BCUT2D eigenvalue weighted by Gasteiger charge is 2.48. The molecule has 5 aromatic rings. The second-order valence-electron chi connectivity index (χ2n) is 10.4. The van der Waals surface area contributed by atoms with Crippen LogP contribution in [0.25, 0.3) is 22.3 Å². The third kappa shape index (κ3) is 4.26. The quantitative estimate of drug-likeness (QED) is 0.170. The Morgan fingerprint density at radius 3 is 2.08 bits per heavy atom. The summed E-state index contributed by atoms with van der Waals surface area (Å²) in [5.74, 6) is 0.211. The highest BCUT2D eigenvalue weighted by molar-refractivity contribution is 5.84. The van der Waals surface area contributed by atoms with Crippen LogP contribution in [0.4, 0.5) is 0 Å². The minimum atomic E-state index is -0.493. The SMILES string of the molecule is C[C@@H](CC1(C[C@H](C)c2ccccc2)c2ccccc2-c2nc3ccccc3nc21)C(=O)Oc1ccccc1. The summed E-state index contributed by atoms with van der Waals surface area (Å²) >= 11 is 0. The van der Waals surface area contributed by atoms with Crippen molar-refractivity contribution < 1.29 is 9.53 Å². The highest BCUT2D eigenvalue weighted by Crippen LogP contribution is 2.54. The van der Waals surface area contributed by atoms with Crippen molar-refractivity contribution in [1.82, 2.24) is 9.97 Å². The zero-order valence-corrected chi connectivity index (χ0v) is 21.7. The van der Waals surface area contributed by atoms with Gasteiger partial charge in [0.1, 0.15) is 5.75 Å². The Morgan fingerprint density at radius 1 is 0.737 bits per heavy atom. The van der Waals surface area contributed by atoms with E-state index in [2.05, 4.69) is 55.5 Å². The fourth-order valence-corrected chi connectivity index (χ4v) is 5.99. The number of ether oxygens (including phenoxy) is 1. The number of para-hydroxylation sites is 3. The lowest BCUT2D eigenvalue weighted by Crippen LogP contribution is -2.34. The monoisotopic (exact) mass is 498 g/mol. The average molecular weight is 499 g/mol. The predicted octanol–water partition coefficient (Wildman–Crippen LogP) is 7.72. The molecule has 1 aliphatic rings. The molecule has 4 heteroatoms. The zero-order chi connectivity index (χ0) is 26.1. The molecule has 0 saturated carbocycles. The second-order valence-corrected chi connectivity index (χ2v) is 10.4. The maximum Gasteiger partial charge on any atom is 0.314 e. The summed E-state index contributed by atoms with van der Waals surface area (Å²) < 4.78 is 5.79. The van der Waals surface area contributed by atoms with Crippen LogP contribution in [0.15, 0.2) is 109 Å². The number of benzene rings is 4. The van der Waals surface area contributed by atoms with Crippen molar-refractivity contribution in [2.24, 2.45) is 5.92 Å². The first kappa shape index (κ1) is 24.1. The molecule has 0 fully saturated rings. The van der Waals surface area contributed by atoms with Crippen LogP contribution in [-0.4, -0.2) is 15.9 Å². The summed E-state index contributed by atoms with van der Waals surface area (Å²) in [5, 5.41) is 0. The number of carbonyl (C=O) groups excluding carboxylic acids is 1. The van der Waals surface area contributed by atoms with Crippen LogP contribution in [0, 0.1) is 5.92 Å². The molecular formula is C34H30N2O2. The Morgan fingerprint density at radius 2 is 1.34 bits per heavy atom. The molecule has 0 N–H and O–H groups in total. The van der Waals surface area contributed by atoms with E-state index >= 15 is 0 Å². The fraction of sp³-hybridized carbons (Fsp3) is 0.206. The zero-order valence-electron chi connectivity index (χ0n) is 21.7. The number of fused-ring (bicyclic) bond motifs is 4. The molecule has 1 heterocycles. The molecule has 1 aliphatic carbocycles. The van der Waals surface area contributed by atoms with Gasteiger partial charge in [-0.2, -0.15) is 0 Å². The smallest absolute Gasteiger partial charge is 0.314 e. The van der Waals surface area contributed by atoms with Crippen LogP contribution in [0.3, 0.4) is 0 Å². The summed E-state index contributed by atoms with van der Waals surface area (Å²) in [5.41, 5.74) is 6.69. The van der Waals surface area contributed by atoms with Crippen LogP contribution < -0.4 is 4.74 Å². The Bertz CT molecular complexity index is 1600. The van der Waals surface area contributed by atoms with Gasteiger partial charge in [0, 0.05) is 11.0 Å². The lowest BCUT2D eigenvalue weighted by molar-refractivity contribution is -0.139. The van der Waals surface area contributed by atoms with E-state index in [4.69, 9.17) is 14.7 Å². The van der Waals surface area contributed by atoms with Gasteiger partial charge in [-0.1, -0.05) is 98.8 Å². The van der Waals surface area contributed by atoms with Crippen molar-refractivity contribution in [3.8, 4) is 17.0 Å². The van der Waals surface area contributed by atoms with E-state index in [1.807, 2.05) is 67.6 Å². The summed E-state index contributed by atoms with van der Waals surface area (Å²) in [6, 6.07) is 36.4. The van der Waals surface area contributed by atoms with Gasteiger partial charge in [-0.3, -0.25) is 4.79 Å². The minimum absolute atomic E-state index is 0.234. The predicted molar refractivity (Wildman–Crippen MR) is 151 cm³/mol. The fourth-order valence-electron chi connectivity index (χ4n) is 5.99. The Hall–Kier alpha value is -4.31. The van der Waals surface area contributed by atoms with Gasteiger partial charge in [0.2, 0.25) is 0 Å². The van der Waals surface area contributed by atoms with Gasteiger partial charge < -0.3 is 4.74 Å². The molecule has 0 saturated heterocycles. The lowest BCUT2D eigenvalue weighted by atomic mass is 9.68. The Labute approximate surface area is 223 Å². The van der Waals surface area contributed by atoms with E-state index in [0.717, 1.165) is 34.4 Å². The average Bonchev–Trinajstić information content (AvgIpc) is 3.21. The largest absolute Gasteiger partial charge is 0.426 e. The number of hydrogen-bond acceptors (Lipinski definition) is 4. The molecule has 4 aromatic carbocycles. The molecule has 1 unspecified atom stereocenters. The van der Waals surface area contributed by atoms with Crippen LogP contribution in [0.2, 0.25) is 0 Å². The standard InChI is InChI=1S/C34H30N2O2/c1-23(25-13-5-3-6-14-25)21-34(22-24(2)33(37)38-26-15-7-4-8-16-26)28-18-10-9-17-27(28)31-32(34)36-30-20-12-11-19-29(30)35-31/h3-20,23-24H,21-22H2,1-2H3/t23-,24-,34?/m0/s1. The molecule has 3 atom stereocenters. The molecule has 0 spiro atoms. The molecule has 38 heavy (non-hydrogen) atoms. The molecule has 4 nitrogen and oxygen atoms in total. The third-order valence-corrected chi connectivity index (χ3v) is 7.76. The number of hydrogen-bond donors (Lipinski definition) is 0. The van der Waals surface area contributed by atoms with E-state index in [9.17, 15) is 4.79 Å². The normalized spacial score (nSPS) is 17.4. The first-order chi connectivity index (χ1) is 18.5. The van der Waals surface area contributed by atoms with Gasteiger partial charge in [-0.15, -0.1) is 0 Å². The number of rotatable bonds is 7. The van der Waals surface area contributed by atoms with Crippen LogP contribution in [-0.2, 0) is 10.2 Å². The summed E-state index contributed by atoms with van der Waals surface area (Å²) in [4.78, 5) is 23.7. The van der Waals surface area contributed by atoms with Gasteiger partial charge in [0.05, 0.1) is 28.3 Å². The van der Waals surface area contributed by atoms with Crippen molar-refractivity contribution in [1.29, 1.82) is 0 Å². The number of nitrogens with zero attached hydrogens (tertiary/aromatic N) is 2. The first-order valence-electron chi connectivity index (χ1n) is 13.2. The number of aromatic nitrogens is 2. The Kier molecular flexibility index (Phi) is 6.24. The molecule has 188 valence electrons. The van der Waals surface area contributed by atoms with Crippen molar-refractivity contribution in [3.63, 3.8) is 0 Å². The lowest BCUT2D eigenvalue weighted by Gasteiger charge is -2.35. The molecule has 0 amide bonds. The number of carbonyl (C=O) groups is 1. The van der Waals surface area contributed by atoms with Crippen LogP contribution in [0.1, 0.15) is 49.4 Å². The van der Waals surface area contributed by atoms with Crippen molar-refractivity contribution >= 4 is 17.0 Å². The van der Waals surface area contributed by atoms with E-state index in [-0.39, 0.29) is 17.8 Å².